The number of hydrogen-bond donors (Lipinski definition) is 1. The highest BCUT2D eigenvalue weighted by molar-refractivity contribution is 9.10. The van der Waals surface area contributed by atoms with Crippen molar-refractivity contribution in [1.29, 1.82) is 0 Å². The van der Waals surface area contributed by atoms with Gasteiger partial charge >= 0.3 is 0 Å². The molecule has 106 valence electrons. The van der Waals surface area contributed by atoms with Crippen molar-refractivity contribution in [2.24, 2.45) is 4.99 Å². The van der Waals surface area contributed by atoms with Crippen molar-refractivity contribution in [3.05, 3.63) is 57.6 Å². The largest absolute Gasteiger partial charge is 0.450 e. The molecule has 1 aliphatic rings. The molecule has 2 heterocycles. The number of hydrogen-bond acceptors (Lipinski definition) is 4. The molecule has 0 unspecified atom stereocenters. The molecule has 1 N–H and O–H groups in total. The summed E-state index contributed by atoms with van der Waals surface area (Å²) in [6.45, 7) is 0. The van der Waals surface area contributed by atoms with Gasteiger partial charge in [0.1, 0.15) is 17.3 Å². The Balaban J connectivity index is 1.85. The average molecular weight is 367 g/mol. The highest BCUT2D eigenvalue weighted by atomic mass is 79.9. The van der Waals surface area contributed by atoms with Gasteiger partial charge in [0.2, 0.25) is 0 Å². The van der Waals surface area contributed by atoms with Crippen LogP contribution in [0.25, 0.3) is 6.08 Å². The van der Waals surface area contributed by atoms with Gasteiger partial charge in [-0.2, -0.15) is 0 Å². The number of para-hydroxylation sites is 1. The predicted molar refractivity (Wildman–Crippen MR) is 83.6 cm³/mol. The van der Waals surface area contributed by atoms with Gasteiger partial charge in [-0.1, -0.05) is 12.1 Å². The summed E-state index contributed by atoms with van der Waals surface area (Å²) in [7, 11) is 0. The molecule has 1 aromatic heterocycles. The Bertz CT molecular complexity index is 770. The maximum absolute atomic E-state index is 13.5. The fraction of sp³-hybridized carbons (Fsp3) is 0. The number of thioether (sulfide) groups is 1. The van der Waals surface area contributed by atoms with E-state index in [1.165, 1.54) is 6.07 Å². The lowest BCUT2D eigenvalue weighted by Gasteiger charge is -1.97. The molecule has 3 rings (SSSR count). The maximum atomic E-state index is 13.5. The average Bonchev–Trinajstić information content (AvgIpc) is 3.00. The Morgan fingerprint density at radius 2 is 2.10 bits per heavy atom. The van der Waals surface area contributed by atoms with Gasteiger partial charge in [0.05, 0.1) is 4.91 Å². The van der Waals surface area contributed by atoms with Crippen LogP contribution in [-0.2, 0) is 4.79 Å². The molecule has 1 fully saturated rings. The third kappa shape index (κ3) is 3.25. The summed E-state index contributed by atoms with van der Waals surface area (Å²) in [5, 5.41) is 2.93. The molecule has 0 aliphatic carbocycles. The van der Waals surface area contributed by atoms with Crippen molar-refractivity contribution in [1.82, 2.24) is 5.32 Å². The molecule has 1 aromatic carbocycles. The van der Waals surface area contributed by atoms with Crippen molar-refractivity contribution >= 4 is 50.5 Å². The molecule has 0 saturated carbocycles. The van der Waals surface area contributed by atoms with E-state index in [4.69, 9.17) is 4.42 Å². The molecule has 0 spiro atoms. The summed E-state index contributed by atoms with van der Waals surface area (Å²) in [6, 6.07) is 9.59. The van der Waals surface area contributed by atoms with Crippen LogP contribution in [0.4, 0.5) is 10.1 Å². The molecule has 1 aliphatic heterocycles. The molecule has 7 heteroatoms. The van der Waals surface area contributed by atoms with Crippen LogP contribution in [0.2, 0.25) is 0 Å². The van der Waals surface area contributed by atoms with Crippen LogP contribution in [-0.4, -0.2) is 11.1 Å². The van der Waals surface area contributed by atoms with E-state index in [2.05, 4.69) is 26.2 Å². The molecule has 1 saturated heterocycles. The van der Waals surface area contributed by atoms with Gasteiger partial charge in [0.15, 0.2) is 9.84 Å². The molecule has 1 amide bonds. The Labute approximate surface area is 132 Å². The normalized spacial score (nSPS) is 18.5. The van der Waals surface area contributed by atoms with Gasteiger partial charge in [0, 0.05) is 6.08 Å². The zero-order valence-corrected chi connectivity index (χ0v) is 12.9. The van der Waals surface area contributed by atoms with E-state index in [1.54, 1.807) is 36.4 Å². The number of nitrogens with one attached hydrogen (secondary N) is 1. The highest BCUT2D eigenvalue weighted by Crippen LogP contribution is 2.29. The van der Waals surface area contributed by atoms with Crippen LogP contribution in [0.15, 0.2) is 55.4 Å². The summed E-state index contributed by atoms with van der Waals surface area (Å²) in [5.74, 6) is -0.179. The maximum Gasteiger partial charge on any atom is 0.264 e. The van der Waals surface area contributed by atoms with Crippen LogP contribution < -0.4 is 5.32 Å². The number of rotatable bonds is 2. The minimum absolute atomic E-state index is 0.183. The monoisotopic (exact) mass is 366 g/mol. The summed E-state index contributed by atoms with van der Waals surface area (Å²) in [4.78, 5) is 16.4. The Morgan fingerprint density at radius 1 is 1.29 bits per heavy atom. The second-order valence-electron chi connectivity index (χ2n) is 4.08. The van der Waals surface area contributed by atoms with Crippen LogP contribution in [0.5, 0.6) is 0 Å². The lowest BCUT2D eigenvalue weighted by molar-refractivity contribution is -0.115. The van der Waals surface area contributed by atoms with Gasteiger partial charge in [0.25, 0.3) is 5.91 Å². The number of furan rings is 1. The van der Waals surface area contributed by atoms with Gasteiger partial charge < -0.3 is 9.73 Å². The van der Waals surface area contributed by atoms with Crippen molar-refractivity contribution in [3.8, 4) is 0 Å². The van der Waals surface area contributed by atoms with E-state index < -0.39 is 5.82 Å². The lowest BCUT2D eigenvalue weighted by atomic mass is 10.3. The van der Waals surface area contributed by atoms with E-state index in [1.807, 2.05) is 0 Å². The number of amidine groups is 1. The molecule has 0 atom stereocenters. The van der Waals surface area contributed by atoms with E-state index >= 15 is 0 Å². The molecule has 0 radical (unpaired) electrons. The smallest absolute Gasteiger partial charge is 0.264 e. The summed E-state index contributed by atoms with van der Waals surface area (Å²) < 4.78 is 19.4. The number of carbonyl (C=O) groups excluding carboxylic acids is 1. The molecule has 2 aromatic rings. The third-order valence-electron chi connectivity index (χ3n) is 2.59. The van der Waals surface area contributed by atoms with Gasteiger partial charge in [-0.3, -0.25) is 4.79 Å². The van der Waals surface area contributed by atoms with Crippen molar-refractivity contribution < 1.29 is 13.6 Å². The Morgan fingerprint density at radius 3 is 2.81 bits per heavy atom. The zero-order chi connectivity index (χ0) is 14.8. The first kappa shape index (κ1) is 14.1. The standard InChI is InChI=1S/C14H8BrFN2O2S/c15-12-6-5-8(20-12)7-11-13(19)18-14(21-11)17-10-4-2-1-3-9(10)16/h1-7H,(H,17,18,19)/b11-7+. The topological polar surface area (TPSA) is 54.6 Å². The molecule has 4 nitrogen and oxygen atoms in total. The fourth-order valence-electron chi connectivity index (χ4n) is 1.67. The minimum Gasteiger partial charge on any atom is -0.450 e. The van der Waals surface area contributed by atoms with Gasteiger partial charge in [-0.25, -0.2) is 9.38 Å². The molecular weight excluding hydrogens is 359 g/mol. The van der Waals surface area contributed by atoms with Crippen LogP contribution >= 0.6 is 27.7 Å². The predicted octanol–water partition coefficient (Wildman–Crippen LogP) is 4.07. The number of amides is 1. The van der Waals surface area contributed by atoms with E-state index in [9.17, 15) is 9.18 Å². The quantitative estimate of drug-likeness (QED) is 0.814. The first-order chi connectivity index (χ1) is 10.1. The van der Waals surface area contributed by atoms with Gasteiger partial charge in [-0.05, 0) is 52.0 Å². The fourth-order valence-corrected chi connectivity index (χ4v) is 2.80. The third-order valence-corrected chi connectivity index (χ3v) is 3.93. The number of carbonyl (C=O) groups is 1. The Hall–Kier alpha value is -1.86. The van der Waals surface area contributed by atoms with Crippen LogP contribution in [0, 0.1) is 5.82 Å². The van der Waals surface area contributed by atoms with Gasteiger partial charge in [-0.15, -0.1) is 0 Å². The summed E-state index contributed by atoms with van der Waals surface area (Å²) in [5.41, 5.74) is 0.183. The first-order valence-electron chi connectivity index (χ1n) is 5.91. The van der Waals surface area contributed by atoms with Crippen molar-refractivity contribution in [3.63, 3.8) is 0 Å². The number of halogens is 2. The van der Waals surface area contributed by atoms with Crippen LogP contribution in [0.3, 0.4) is 0 Å². The number of aliphatic imine (C=N–C) groups is 1. The SMILES string of the molecule is O=C1NC(=Nc2ccccc2F)S/C1=C/c1ccc(Br)o1. The molecule has 21 heavy (non-hydrogen) atoms. The molecule has 0 bridgehead atoms. The van der Waals surface area contributed by atoms with Crippen molar-refractivity contribution in [2.75, 3.05) is 0 Å². The number of benzene rings is 1. The Kier molecular flexibility index (Phi) is 3.94. The summed E-state index contributed by atoms with van der Waals surface area (Å²) >= 11 is 4.33. The molecular formula is C14H8BrFN2O2S. The van der Waals surface area contributed by atoms with E-state index in [0.29, 0.717) is 20.5 Å². The second-order valence-corrected chi connectivity index (χ2v) is 5.89. The summed E-state index contributed by atoms with van der Waals surface area (Å²) in [6.07, 6.45) is 1.61. The first-order valence-corrected chi connectivity index (χ1v) is 7.52. The van der Waals surface area contributed by atoms with E-state index in [-0.39, 0.29) is 11.6 Å². The van der Waals surface area contributed by atoms with Crippen LogP contribution in [0.1, 0.15) is 5.76 Å². The number of nitrogens with zero attached hydrogens (tertiary/aromatic N) is 1. The second kappa shape index (κ2) is 5.87. The zero-order valence-electron chi connectivity index (χ0n) is 10.5. The highest BCUT2D eigenvalue weighted by Gasteiger charge is 2.24. The minimum atomic E-state index is -0.438. The van der Waals surface area contributed by atoms with E-state index in [0.717, 1.165) is 11.8 Å². The van der Waals surface area contributed by atoms with Crippen molar-refractivity contribution in [2.45, 2.75) is 0 Å². The lowest BCUT2D eigenvalue weighted by Crippen LogP contribution is -2.19.